The van der Waals surface area contributed by atoms with E-state index in [1.807, 2.05) is 0 Å². The van der Waals surface area contributed by atoms with Crippen LogP contribution in [0.25, 0.3) is 5.70 Å². The fraction of sp³-hybridized carbons (Fsp3) is 0.556. The number of hydrogen-bond donors (Lipinski definition) is 1. The van der Waals surface area contributed by atoms with Gasteiger partial charge in [0.1, 0.15) is 0 Å². The van der Waals surface area contributed by atoms with Gasteiger partial charge < -0.3 is 5.32 Å². The van der Waals surface area contributed by atoms with Crippen LogP contribution in [0.15, 0.2) is 41.9 Å². The van der Waals surface area contributed by atoms with Gasteiger partial charge in [-0.05, 0) is 63.7 Å². The van der Waals surface area contributed by atoms with E-state index in [-0.39, 0.29) is 7.92 Å². The normalized spacial score (nSPS) is 16.1. The van der Waals surface area contributed by atoms with Gasteiger partial charge in [0.05, 0.1) is 0 Å². The van der Waals surface area contributed by atoms with Crippen LogP contribution < -0.4 is 5.32 Å². The van der Waals surface area contributed by atoms with E-state index in [2.05, 4.69) is 111 Å². The van der Waals surface area contributed by atoms with Crippen molar-refractivity contribution in [2.45, 2.75) is 98.3 Å². The summed E-state index contributed by atoms with van der Waals surface area (Å²) in [6.07, 6.45) is 6.71. The highest BCUT2D eigenvalue weighted by molar-refractivity contribution is 7.62. The number of nitrogens with one attached hydrogen (secondary N) is 1. The molecular weight excluding hydrogens is 369 g/mol. The molecule has 1 aromatic rings. The Morgan fingerprint density at radius 1 is 0.759 bits per heavy atom. The highest BCUT2D eigenvalue weighted by atomic mass is 31.1. The van der Waals surface area contributed by atoms with E-state index in [0.717, 1.165) is 0 Å². The fourth-order valence-electron chi connectivity index (χ4n) is 4.03. The minimum absolute atomic E-state index is 0.146. The zero-order chi connectivity index (χ0) is 21.9. The Balaban J connectivity index is 2.56. The van der Waals surface area contributed by atoms with Gasteiger partial charge in [-0.1, -0.05) is 95.4 Å². The molecule has 1 aromatic carbocycles. The van der Waals surface area contributed by atoms with E-state index in [1.54, 1.807) is 0 Å². The molecule has 0 saturated carbocycles. The predicted octanol–water partition coefficient (Wildman–Crippen LogP) is 8.70. The molecule has 29 heavy (non-hydrogen) atoms. The second-order valence-electron chi connectivity index (χ2n) is 9.82. The summed E-state index contributed by atoms with van der Waals surface area (Å²) in [5.74, 6) is 4.03. The molecule has 0 saturated heterocycles. The summed E-state index contributed by atoms with van der Waals surface area (Å²) in [7, 11) is -0.146. The van der Waals surface area contributed by atoms with Crippen LogP contribution in [0, 0.1) is 0 Å². The van der Waals surface area contributed by atoms with Gasteiger partial charge in [-0.2, -0.15) is 0 Å². The second-order valence-corrected chi connectivity index (χ2v) is 13.0. The Morgan fingerprint density at radius 2 is 1.28 bits per heavy atom. The third-order valence-electron chi connectivity index (χ3n) is 5.70. The number of dihydropyridines is 1. The molecule has 1 aliphatic rings. The summed E-state index contributed by atoms with van der Waals surface area (Å²) >= 11 is 0. The van der Waals surface area contributed by atoms with Crippen LogP contribution in [0.2, 0.25) is 0 Å². The molecule has 2 heteroatoms. The molecule has 1 aliphatic heterocycles. The van der Waals surface area contributed by atoms with E-state index in [1.165, 1.54) is 33.6 Å². The number of hydrogen-bond acceptors (Lipinski definition) is 1. The Hall–Kier alpha value is -1.33. The molecule has 0 amide bonds. The van der Waals surface area contributed by atoms with Gasteiger partial charge in [-0.25, -0.2) is 0 Å². The third-order valence-corrected chi connectivity index (χ3v) is 8.66. The summed E-state index contributed by atoms with van der Waals surface area (Å²) in [5.41, 5.74) is 9.69. The van der Waals surface area contributed by atoms with Crippen LogP contribution in [-0.2, 0) is 0 Å². The molecular formula is C27H42NP. The van der Waals surface area contributed by atoms with Crippen molar-refractivity contribution < 1.29 is 0 Å². The molecule has 2 rings (SSSR count). The van der Waals surface area contributed by atoms with Crippen LogP contribution in [0.5, 0.6) is 0 Å². The summed E-state index contributed by atoms with van der Waals surface area (Å²) in [4.78, 5) is 0. The Morgan fingerprint density at radius 3 is 1.69 bits per heavy atom. The van der Waals surface area contributed by atoms with Crippen molar-refractivity contribution in [1.82, 2.24) is 5.32 Å². The lowest BCUT2D eigenvalue weighted by Gasteiger charge is -2.28. The van der Waals surface area contributed by atoms with E-state index >= 15 is 0 Å². The Bertz CT molecular complexity index is 754. The summed E-state index contributed by atoms with van der Waals surface area (Å²) in [6, 6.07) is 4.88. The van der Waals surface area contributed by atoms with Crippen LogP contribution in [0.4, 0.5) is 0 Å². The molecule has 0 radical (unpaired) electrons. The number of benzene rings is 1. The van der Waals surface area contributed by atoms with Crippen molar-refractivity contribution in [3.63, 3.8) is 0 Å². The Labute approximate surface area is 181 Å². The van der Waals surface area contributed by atoms with Gasteiger partial charge in [0.15, 0.2) is 0 Å². The lowest BCUT2D eigenvalue weighted by atomic mass is 9.83. The van der Waals surface area contributed by atoms with Crippen molar-refractivity contribution in [2.75, 3.05) is 0 Å². The van der Waals surface area contributed by atoms with Gasteiger partial charge in [0, 0.05) is 17.0 Å². The van der Waals surface area contributed by atoms with Crippen molar-refractivity contribution in [3.05, 3.63) is 64.1 Å². The zero-order valence-corrected chi connectivity index (χ0v) is 21.2. The van der Waals surface area contributed by atoms with Crippen molar-refractivity contribution in [3.8, 4) is 0 Å². The molecule has 0 aromatic heterocycles. The lowest BCUT2D eigenvalue weighted by molar-refractivity contribution is 0.796. The molecule has 1 N–H and O–H groups in total. The second kappa shape index (κ2) is 10.1. The maximum Gasteiger partial charge on any atom is 0.0463 e. The van der Waals surface area contributed by atoms with E-state index in [9.17, 15) is 0 Å². The first-order valence-corrected chi connectivity index (χ1v) is 12.9. The quantitative estimate of drug-likeness (QED) is 0.442. The fourth-order valence-corrected chi connectivity index (χ4v) is 6.29. The summed E-state index contributed by atoms with van der Waals surface area (Å²) < 4.78 is 0. The standard InChI is InChI=1S/C27H42NP/c1-17(2)22-14-24(18(3)4)27(25(15-22)19(5)6)26-13-11-12-23(28-26)16-29(20(7)8)21(9)10/h11-21,28H,1-10H3. The van der Waals surface area contributed by atoms with E-state index < -0.39 is 0 Å². The van der Waals surface area contributed by atoms with Crippen molar-refractivity contribution >= 4 is 13.6 Å². The maximum atomic E-state index is 3.80. The van der Waals surface area contributed by atoms with Gasteiger partial charge in [0.25, 0.3) is 0 Å². The summed E-state index contributed by atoms with van der Waals surface area (Å²) in [6.45, 7) is 23.3. The lowest BCUT2D eigenvalue weighted by Crippen LogP contribution is -2.18. The molecule has 0 unspecified atom stereocenters. The van der Waals surface area contributed by atoms with Crippen molar-refractivity contribution in [2.24, 2.45) is 0 Å². The highest BCUT2D eigenvalue weighted by Crippen LogP contribution is 2.48. The molecule has 0 spiro atoms. The molecule has 0 aliphatic carbocycles. The zero-order valence-electron chi connectivity index (χ0n) is 20.3. The predicted molar refractivity (Wildman–Crippen MR) is 134 cm³/mol. The Kier molecular flexibility index (Phi) is 8.36. The smallest absolute Gasteiger partial charge is 0.0463 e. The number of allylic oxidation sites excluding steroid dienone is 3. The molecule has 1 heterocycles. The molecule has 0 bridgehead atoms. The van der Waals surface area contributed by atoms with Crippen LogP contribution in [0.1, 0.15) is 109 Å². The molecule has 1 nitrogen and oxygen atoms in total. The highest BCUT2D eigenvalue weighted by Gasteiger charge is 2.22. The average molecular weight is 412 g/mol. The van der Waals surface area contributed by atoms with E-state index in [4.69, 9.17) is 0 Å². The van der Waals surface area contributed by atoms with Crippen LogP contribution in [-0.4, -0.2) is 11.3 Å². The largest absolute Gasteiger partial charge is 0.355 e. The first-order valence-electron chi connectivity index (χ1n) is 11.4. The maximum absolute atomic E-state index is 3.80. The van der Waals surface area contributed by atoms with Crippen LogP contribution in [0.3, 0.4) is 0 Å². The van der Waals surface area contributed by atoms with Gasteiger partial charge in [-0.3, -0.25) is 0 Å². The topological polar surface area (TPSA) is 12.0 Å². The minimum atomic E-state index is -0.146. The third kappa shape index (κ3) is 5.85. The first-order chi connectivity index (χ1) is 13.5. The monoisotopic (exact) mass is 411 g/mol. The average Bonchev–Trinajstić information content (AvgIpc) is 2.64. The van der Waals surface area contributed by atoms with Gasteiger partial charge >= 0.3 is 0 Å². The molecule has 0 fully saturated rings. The van der Waals surface area contributed by atoms with Crippen molar-refractivity contribution in [1.29, 1.82) is 0 Å². The summed E-state index contributed by atoms with van der Waals surface area (Å²) in [5, 5.41) is 3.80. The molecule has 0 atom stereocenters. The SMILES string of the molecule is CC(C)c1cc(C(C)C)c(C2=CC=CC(=CP(C(C)C)C(C)C)N2)c(C(C)C)c1. The van der Waals surface area contributed by atoms with Crippen LogP contribution >= 0.6 is 7.92 Å². The van der Waals surface area contributed by atoms with Gasteiger partial charge in [-0.15, -0.1) is 0 Å². The van der Waals surface area contributed by atoms with E-state index in [0.29, 0.717) is 29.1 Å². The molecule has 160 valence electrons. The van der Waals surface area contributed by atoms with Gasteiger partial charge in [0.2, 0.25) is 0 Å². The first kappa shape index (κ1) is 23.9. The number of rotatable bonds is 7. The minimum Gasteiger partial charge on any atom is -0.355 e.